The lowest BCUT2D eigenvalue weighted by molar-refractivity contribution is 0.132. The highest BCUT2D eigenvalue weighted by molar-refractivity contribution is 6.31. The van der Waals surface area contributed by atoms with Gasteiger partial charge in [0.1, 0.15) is 12.8 Å². The Morgan fingerprint density at radius 2 is 1.83 bits per heavy atom. The van der Waals surface area contributed by atoms with Crippen molar-refractivity contribution in [2.24, 2.45) is 5.16 Å². The van der Waals surface area contributed by atoms with Crippen LogP contribution < -0.4 is 0 Å². The van der Waals surface area contributed by atoms with Crippen LogP contribution in [0.1, 0.15) is 16.7 Å². The molecule has 3 heteroatoms. The molecule has 2 nitrogen and oxygen atoms in total. The zero-order valence-electron chi connectivity index (χ0n) is 10.1. The maximum absolute atomic E-state index is 6.00. The molecule has 18 heavy (non-hydrogen) atoms. The van der Waals surface area contributed by atoms with Crippen LogP contribution in [-0.2, 0) is 11.4 Å². The van der Waals surface area contributed by atoms with Gasteiger partial charge in [-0.25, -0.2) is 0 Å². The van der Waals surface area contributed by atoms with Crippen LogP contribution in [0, 0.1) is 6.92 Å². The second-order valence-electron chi connectivity index (χ2n) is 3.93. The van der Waals surface area contributed by atoms with Gasteiger partial charge in [-0.05, 0) is 13.0 Å². The second kappa shape index (κ2) is 6.22. The van der Waals surface area contributed by atoms with Gasteiger partial charge in [-0.15, -0.1) is 0 Å². The molecule has 2 aromatic carbocycles. The minimum absolute atomic E-state index is 0.346. The van der Waals surface area contributed by atoms with Crippen LogP contribution in [0.2, 0.25) is 5.02 Å². The molecule has 0 amide bonds. The van der Waals surface area contributed by atoms with E-state index >= 15 is 0 Å². The maximum Gasteiger partial charge on any atom is 0.143 e. The summed E-state index contributed by atoms with van der Waals surface area (Å²) in [6.45, 7) is 2.38. The highest BCUT2D eigenvalue weighted by Gasteiger charge is 1.97. The van der Waals surface area contributed by atoms with E-state index in [0.717, 1.165) is 11.1 Å². The molecule has 0 bridgehead atoms. The van der Waals surface area contributed by atoms with Crippen molar-refractivity contribution in [3.05, 3.63) is 70.2 Å². The zero-order valence-corrected chi connectivity index (χ0v) is 10.8. The molecular formula is C15H13ClNO. The molecule has 0 aromatic heterocycles. The van der Waals surface area contributed by atoms with Crippen LogP contribution in [-0.4, -0.2) is 6.21 Å². The maximum atomic E-state index is 6.00. The fourth-order valence-electron chi connectivity index (χ4n) is 1.43. The van der Waals surface area contributed by atoms with Gasteiger partial charge in [0.05, 0.1) is 0 Å². The average molecular weight is 259 g/mol. The van der Waals surface area contributed by atoms with Crippen molar-refractivity contribution in [2.45, 2.75) is 13.5 Å². The first-order valence-corrected chi connectivity index (χ1v) is 6.01. The molecule has 0 spiro atoms. The molecule has 0 unspecified atom stereocenters. The normalized spacial score (nSPS) is 10.8. The Labute approximate surface area is 112 Å². The first kappa shape index (κ1) is 12.7. The van der Waals surface area contributed by atoms with Gasteiger partial charge >= 0.3 is 0 Å². The summed E-state index contributed by atoms with van der Waals surface area (Å²) in [7, 11) is 0. The molecule has 0 saturated heterocycles. The first-order valence-electron chi connectivity index (χ1n) is 5.64. The Morgan fingerprint density at radius 3 is 2.56 bits per heavy atom. The van der Waals surface area contributed by atoms with Gasteiger partial charge in [0.15, 0.2) is 0 Å². The van der Waals surface area contributed by atoms with E-state index < -0.39 is 0 Å². The first-order chi connectivity index (χ1) is 8.75. The Balaban J connectivity index is 1.89. The summed E-state index contributed by atoms with van der Waals surface area (Å²) in [6, 6.07) is 15.4. The molecule has 0 aliphatic carbocycles. The van der Waals surface area contributed by atoms with Gasteiger partial charge in [-0.2, -0.15) is 0 Å². The minimum Gasteiger partial charge on any atom is -0.390 e. The third-order valence-electron chi connectivity index (χ3n) is 2.47. The Morgan fingerprint density at radius 1 is 1.11 bits per heavy atom. The lowest BCUT2D eigenvalue weighted by atomic mass is 10.2. The lowest BCUT2D eigenvalue weighted by Crippen LogP contribution is -1.89. The predicted octanol–water partition coefficient (Wildman–Crippen LogP) is 4.08. The monoisotopic (exact) mass is 258 g/mol. The number of rotatable bonds is 4. The number of hydrogen-bond acceptors (Lipinski definition) is 2. The van der Waals surface area contributed by atoms with E-state index in [1.54, 1.807) is 0 Å². The van der Waals surface area contributed by atoms with Gasteiger partial charge < -0.3 is 4.84 Å². The number of hydrogen-bond donors (Lipinski definition) is 0. The zero-order chi connectivity index (χ0) is 12.8. The molecule has 2 aromatic rings. The second-order valence-corrected chi connectivity index (χ2v) is 4.34. The fraction of sp³-hybridized carbons (Fsp3) is 0.133. The number of halogens is 1. The summed E-state index contributed by atoms with van der Waals surface area (Å²) in [5, 5.41) is 4.48. The summed E-state index contributed by atoms with van der Waals surface area (Å²) in [5.74, 6) is 0. The lowest BCUT2D eigenvalue weighted by Gasteiger charge is -2.01. The Kier molecular flexibility index (Phi) is 4.37. The SMILES string of the molecule is Cc1ccc(/[C]=N\OCc2ccccc2Cl)cc1. The molecule has 0 fully saturated rings. The number of aryl methyl sites for hydroxylation is 1. The third-order valence-corrected chi connectivity index (χ3v) is 2.84. The average Bonchev–Trinajstić information content (AvgIpc) is 2.39. The van der Waals surface area contributed by atoms with Crippen LogP contribution >= 0.6 is 11.6 Å². The van der Waals surface area contributed by atoms with Crippen molar-refractivity contribution in [1.82, 2.24) is 0 Å². The highest BCUT2D eigenvalue weighted by Crippen LogP contribution is 2.15. The minimum atomic E-state index is 0.346. The molecule has 0 aliphatic heterocycles. The summed E-state index contributed by atoms with van der Waals surface area (Å²) in [6.07, 6.45) is 2.82. The summed E-state index contributed by atoms with van der Waals surface area (Å²) < 4.78 is 0. The molecule has 0 N–H and O–H groups in total. The smallest absolute Gasteiger partial charge is 0.143 e. The van der Waals surface area contributed by atoms with Crippen molar-refractivity contribution in [1.29, 1.82) is 0 Å². The molecule has 0 saturated carbocycles. The fourth-order valence-corrected chi connectivity index (χ4v) is 1.62. The molecule has 0 aliphatic rings. The van der Waals surface area contributed by atoms with Crippen LogP contribution in [0.5, 0.6) is 0 Å². The Bertz CT molecular complexity index is 534. The molecule has 91 valence electrons. The van der Waals surface area contributed by atoms with Gasteiger partial charge in [-0.1, -0.05) is 64.8 Å². The van der Waals surface area contributed by atoms with Crippen LogP contribution in [0.4, 0.5) is 0 Å². The largest absolute Gasteiger partial charge is 0.390 e. The number of benzene rings is 2. The van der Waals surface area contributed by atoms with Gasteiger partial charge in [0, 0.05) is 16.1 Å². The van der Waals surface area contributed by atoms with E-state index in [1.807, 2.05) is 55.5 Å². The molecular weight excluding hydrogens is 246 g/mol. The predicted molar refractivity (Wildman–Crippen MR) is 74.0 cm³/mol. The van der Waals surface area contributed by atoms with Crippen LogP contribution in [0.3, 0.4) is 0 Å². The molecule has 1 radical (unpaired) electrons. The third kappa shape index (κ3) is 3.60. The van der Waals surface area contributed by atoms with E-state index in [2.05, 4.69) is 11.4 Å². The quantitative estimate of drug-likeness (QED) is 0.598. The van der Waals surface area contributed by atoms with E-state index in [4.69, 9.17) is 16.4 Å². The molecule has 2 rings (SSSR count). The Hall–Kier alpha value is -1.80. The summed E-state index contributed by atoms with van der Waals surface area (Å²) in [5.41, 5.74) is 3.01. The summed E-state index contributed by atoms with van der Waals surface area (Å²) in [4.78, 5) is 5.16. The van der Waals surface area contributed by atoms with Crippen LogP contribution in [0.25, 0.3) is 0 Å². The standard InChI is InChI=1S/C15H13ClNO/c1-12-6-8-13(9-7-12)10-17-18-11-14-4-2-3-5-15(14)16/h2-9H,11H2,1H3. The number of nitrogens with zero attached hydrogens (tertiary/aromatic N) is 1. The molecule has 0 heterocycles. The van der Waals surface area contributed by atoms with Crippen molar-refractivity contribution < 1.29 is 4.84 Å². The van der Waals surface area contributed by atoms with Crippen molar-refractivity contribution >= 4 is 17.8 Å². The van der Waals surface area contributed by atoms with E-state index in [-0.39, 0.29) is 0 Å². The van der Waals surface area contributed by atoms with Crippen LogP contribution in [0.15, 0.2) is 53.7 Å². The van der Waals surface area contributed by atoms with Crippen molar-refractivity contribution in [2.75, 3.05) is 0 Å². The van der Waals surface area contributed by atoms with Gasteiger partial charge in [0.2, 0.25) is 0 Å². The van der Waals surface area contributed by atoms with E-state index in [9.17, 15) is 0 Å². The van der Waals surface area contributed by atoms with Crippen molar-refractivity contribution in [3.8, 4) is 0 Å². The summed E-state index contributed by atoms with van der Waals surface area (Å²) >= 11 is 6.00. The van der Waals surface area contributed by atoms with E-state index in [0.29, 0.717) is 11.6 Å². The van der Waals surface area contributed by atoms with Gasteiger partial charge in [-0.3, -0.25) is 0 Å². The van der Waals surface area contributed by atoms with Crippen molar-refractivity contribution in [3.63, 3.8) is 0 Å². The highest BCUT2D eigenvalue weighted by atomic mass is 35.5. The topological polar surface area (TPSA) is 21.6 Å². The molecule has 0 atom stereocenters. The van der Waals surface area contributed by atoms with E-state index in [1.165, 1.54) is 5.56 Å². The van der Waals surface area contributed by atoms with Gasteiger partial charge in [0.25, 0.3) is 0 Å².